The first-order chi connectivity index (χ1) is 8.36. The summed E-state index contributed by atoms with van der Waals surface area (Å²) in [4.78, 5) is 4.40. The molecular formula is C14H19N3. The summed E-state index contributed by atoms with van der Waals surface area (Å²) in [6.45, 7) is 3.31. The number of fused-ring (bicyclic) bond motifs is 2. The number of nitrogens with zero attached hydrogens (tertiary/aromatic N) is 3. The van der Waals surface area contributed by atoms with Crippen molar-refractivity contribution >= 4 is 5.71 Å². The molecule has 0 spiro atoms. The van der Waals surface area contributed by atoms with Crippen LogP contribution in [0.3, 0.4) is 0 Å². The quantitative estimate of drug-likeness (QED) is 0.745. The molecule has 2 unspecified atom stereocenters. The molecule has 2 bridgehead atoms. The smallest absolute Gasteiger partial charge is 0.0862 e. The Kier molecular flexibility index (Phi) is 2.83. The second kappa shape index (κ2) is 4.47. The van der Waals surface area contributed by atoms with Crippen LogP contribution in [0.25, 0.3) is 0 Å². The monoisotopic (exact) mass is 229 g/mol. The maximum absolute atomic E-state index is 4.83. The van der Waals surface area contributed by atoms with E-state index in [2.05, 4.69) is 23.0 Å². The van der Waals surface area contributed by atoms with E-state index < -0.39 is 0 Å². The molecule has 1 aliphatic heterocycles. The van der Waals surface area contributed by atoms with Gasteiger partial charge < -0.3 is 0 Å². The van der Waals surface area contributed by atoms with E-state index in [9.17, 15) is 0 Å². The Balaban J connectivity index is 1.81. The molecule has 0 radical (unpaired) electrons. The molecule has 2 aliphatic rings. The van der Waals surface area contributed by atoms with E-state index in [-0.39, 0.29) is 0 Å². The minimum atomic E-state index is 0.699. The number of piperidine rings is 1. The topological polar surface area (TPSA) is 28.5 Å². The summed E-state index contributed by atoms with van der Waals surface area (Å²) in [5, 5.41) is 7.14. The van der Waals surface area contributed by atoms with E-state index in [4.69, 9.17) is 5.10 Å². The molecule has 2 fully saturated rings. The average Bonchev–Trinajstić information content (AvgIpc) is 2.99. The molecule has 17 heavy (non-hydrogen) atoms. The molecule has 2 heterocycles. The van der Waals surface area contributed by atoms with Gasteiger partial charge in [-0.25, -0.2) is 0 Å². The Morgan fingerprint density at radius 1 is 1.47 bits per heavy atom. The van der Waals surface area contributed by atoms with Gasteiger partial charge in [0.05, 0.1) is 11.4 Å². The highest BCUT2D eigenvalue weighted by Gasteiger charge is 2.37. The summed E-state index contributed by atoms with van der Waals surface area (Å²) in [7, 11) is 0. The van der Waals surface area contributed by atoms with Gasteiger partial charge in [0, 0.05) is 18.8 Å². The lowest BCUT2D eigenvalue weighted by Crippen LogP contribution is -2.28. The minimum absolute atomic E-state index is 0.699. The van der Waals surface area contributed by atoms with Crippen LogP contribution in [0.1, 0.15) is 38.3 Å². The van der Waals surface area contributed by atoms with Gasteiger partial charge in [0.2, 0.25) is 0 Å². The number of aromatic nitrogens is 1. The van der Waals surface area contributed by atoms with Gasteiger partial charge >= 0.3 is 0 Å². The fourth-order valence-electron chi connectivity index (χ4n) is 3.01. The Hall–Kier alpha value is -1.38. The standard InChI is InChI=1S/C14H19N3/c1-2-13(14-5-3-4-8-15-14)16-17-10-11-6-7-12(17)9-11/h3-5,8,11-12H,2,6-7,9-10H2,1H3/b16-13-. The average molecular weight is 229 g/mol. The summed E-state index contributed by atoms with van der Waals surface area (Å²) in [6, 6.07) is 6.74. The van der Waals surface area contributed by atoms with Crippen molar-refractivity contribution in [2.24, 2.45) is 11.0 Å². The van der Waals surface area contributed by atoms with Crippen molar-refractivity contribution in [3.05, 3.63) is 30.1 Å². The van der Waals surface area contributed by atoms with E-state index in [1.165, 1.54) is 19.3 Å². The SMILES string of the molecule is CC/C(=N/N1CC2CCC1C2)c1ccccn1. The number of pyridine rings is 1. The fourth-order valence-corrected chi connectivity index (χ4v) is 3.01. The summed E-state index contributed by atoms with van der Waals surface area (Å²) in [6.07, 6.45) is 6.87. The Morgan fingerprint density at radius 3 is 3.00 bits per heavy atom. The van der Waals surface area contributed by atoms with Crippen molar-refractivity contribution in [2.45, 2.75) is 38.6 Å². The second-order valence-electron chi connectivity index (χ2n) is 5.07. The lowest BCUT2D eigenvalue weighted by atomic mass is 10.1. The third-order valence-electron chi connectivity index (χ3n) is 3.92. The summed E-state index contributed by atoms with van der Waals surface area (Å²) in [5.74, 6) is 0.894. The van der Waals surface area contributed by atoms with Crippen molar-refractivity contribution in [2.75, 3.05) is 6.54 Å². The molecule has 1 saturated heterocycles. The molecule has 2 atom stereocenters. The maximum Gasteiger partial charge on any atom is 0.0862 e. The maximum atomic E-state index is 4.83. The molecule has 3 rings (SSSR count). The zero-order valence-electron chi connectivity index (χ0n) is 10.3. The third-order valence-corrected chi connectivity index (χ3v) is 3.92. The Bertz CT molecular complexity index is 413. The highest BCUT2D eigenvalue weighted by atomic mass is 15.5. The zero-order chi connectivity index (χ0) is 11.7. The van der Waals surface area contributed by atoms with Gasteiger partial charge in [0.15, 0.2) is 0 Å². The molecule has 0 amide bonds. The number of hydrogen-bond donors (Lipinski definition) is 0. The molecule has 1 saturated carbocycles. The Morgan fingerprint density at radius 2 is 2.41 bits per heavy atom. The van der Waals surface area contributed by atoms with Crippen LogP contribution < -0.4 is 0 Å². The molecule has 3 heteroatoms. The first-order valence-electron chi connectivity index (χ1n) is 6.62. The van der Waals surface area contributed by atoms with Crippen molar-refractivity contribution in [1.29, 1.82) is 0 Å². The second-order valence-corrected chi connectivity index (χ2v) is 5.07. The third kappa shape index (κ3) is 2.06. The normalized spacial score (nSPS) is 27.8. The van der Waals surface area contributed by atoms with Crippen LogP contribution in [-0.2, 0) is 0 Å². The lowest BCUT2D eigenvalue weighted by Gasteiger charge is -2.24. The fraction of sp³-hybridized carbons (Fsp3) is 0.571. The van der Waals surface area contributed by atoms with Gasteiger partial charge in [-0.05, 0) is 43.7 Å². The first-order valence-corrected chi connectivity index (χ1v) is 6.62. The van der Waals surface area contributed by atoms with Crippen LogP contribution in [0.4, 0.5) is 0 Å². The van der Waals surface area contributed by atoms with Crippen LogP contribution in [-0.4, -0.2) is 28.3 Å². The summed E-state index contributed by atoms with van der Waals surface area (Å²) in [5.41, 5.74) is 2.15. The van der Waals surface area contributed by atoms with Crippen LogP contribution >= 0.6 is 0 Å². The van der Waals surface area contributed by atoms with E-state index in [0.717, 1.165) is 30.3 Å². The van der Waals surface area contributed by atoms with Gasteiger partial charge in [0.1, 0.15) is 0 Å². The lowest BCUT2D eigenvalue weighted by molar-refractivity contribution is 0.223. The largest absolute Gasteiger partial charge is 0.293 e. The van der Waals surface area contributed by atoms with Gasteiger partial charge in [-0.1, -0.05) is 13.0 Å². The molecule has 1 aromatic heterocycles. The van der Waals surface area contributed by atoms with E-state index >= 15 is 0 Å². The highest BCUT2D eigenvalue weighted by molar-refractivity contribution is 5.98. The number of hydrogen-bond acceptors (Lipinski definition) is 3. The molecule has 1 aromatic rings. The molecule has 90 valence electrons. The van der Waals surface area contributed by atoms with E-state index in [1.807, 2.05) is 18.3 Å². The van der Waals surface area contributed by atoms with Gasteiger partial charge in [-0.3, -0.25) is 9.99 Å². The van der Waals surface area contributed by atoms with E-state index in [0.29, 0.717) is 6.04 Å². The predicted molar refractivity (Wildman–Crippen MR) is 68.9 cm³/mol. The summed E-state index contributed by atoms with van der Waals surface area (Å²) >= 11 is 0. The number of hydrazone groups is 1. The molecular weight excluding hydrogens is 210 g/mol. The van der Waals surface area contributed by atoms with Crippen LogP contribution in [0, 0.1) is 5.92 Å². The first kappa shape index (κ1) is 10.8. The van der Waals surface area contributed by atoms with Crippen LogP contribution in [0.5, 0.6) is 0 Å². The number of rotatable bonds is 3. The molecule has 0 N–H and O–H groups in total. The molecule has 0 aromatic carbocycles. The van der Waals surface area contributed by atoms with Gasteiger partial charge in [-0.15, -0.1) is 0 Å². The van der Waals surface area contributed by atoms with Crippen molar-refractivity contribution in [3.63, 3.8) is 0 Å². The molecule has 3 nitrogen and oxygen atoms in total. The predicted octanol–water partition coefficient (Wildman–Crippen LogP) is 2.68. The Labute approximate surface area is 103 Å². The zero-order valence-corrected chi connectivity index (χ0v) is 10.3. The van der Waals surface area contributed by atoms with E-state index in [1.54, 1.807) is 0 Å². The summed E-state index contributed by atoms with van der Waals surface area (Å²) < 4.78 is 0. The van der Waals surface area contributed by atoms with Crippen molar-refractivity contribution in [1.82, 2.24) is 9.99 Å². The van der Waals surface area contributed by atoms with Gasteiger partial charge in [-0.2, -0.15) is 5.10 Å². The van der Waals surface area contributed by atoms with Crippen LogP contribution in [0.15, 0.2) is 29.5 Å². The highest BCUT2D eigenvalue weighted by Crippen LogP contribution is 2.37. The van der Waals surface area contributed by atoms with Gasteiger partial charge in [0.25, 0.3) is 0 Å². The van der Waals surface area contributed by atoms with Crippen molar-refractivity contribution < 1.29 is 0 Å². The van der Waals surface area contributed by atoms with Crippen LogP contribution in [0.2, 0.25) is 0 Å². The molecule has 1 aliphatic carbocycles. The minimum Gasteiger partial charge on any atom is -0.293 e. The van der Waals surface area contributed by atoms with Crippen molar-refractivity contribution in [3.8, 4) is 0 Å².